The van der Waals surface area contributed by atoms with E-state index in [0.29, 0.717) is 18.5 Å². The van der Waals surface area contributed by atoms with Gasteiger partial charge in [-0.2, -0.15) is 0 Å². The number of rotatable bonds is 8. The van der Waals surface area contributed by atoms with E-state index in [1.54, 1.807) is 12.2 Å². The summed E-state index contributed by atoms with van der Waals surface area (Å²) in [6.07, 6.45) is 15.7. The summed E-state index contributed by atoms with van der Waals surface area (Å²) in [5.41, 5.74) is 2.75. The van der Waals surface area contributed by atoms with Crippen LogP contribution in [0.4, 0.5) is 0 Å². The third kappa shape index (κ3) is 6.00. The van der Waals surface area contributed by atoms with Crippen LogP contribution in [-0.4, -0.2) is 0 Å². The van der Waals surface area contributed by atoms with E-state index < -0.39 is 0 Å². The first-order valence-corrected chi connectivity index (χ1v) is 6.21. The van der Waals surface area contributed by atoms with Gasteiger partial charge in [-0.15, -0.1) is 17.3 Å². The lowest BCUT2D eigenvalue weighted by molar-refractivity contribution is 0.890. The molecular weight excluding hydrogens is 222 g/mol. The number of nitroso groups, excluding NO2 is 1. The minimum Gasteiger partial charge on any atom is -0.145 e. The normalized spacial score (nSPS) is 13.1. The van der Waals surface area contributed by atoms with Gasteiger partial charge in [-0.3, -0.25) is 0 Å². The predicted molar refractivity (Wildman–Crippen MR) is 78.9 cm³/mol. The van der Waals surface area contributed by atoms with Crippen molar-refractivity contribution in [1.29, 1.82) is 0 Å². The summed E-state index contributed by atoms with van der Waals surface area (Å²) in [5.74, 6) is 2.63. The quantitative estimate of drug-likeness (QED) is 0.338. The monoisotopic (exact) mass is 243 g/mol. The molecule has 2 nitrogen and oxygen atoms in total. The van der Waals surface area contributed by atoms with Crippen molar-refractivity contribution >= 4 is 0 Å². The lowest BCUT2D eigenvalue weighted by Gasteiger charge is -2.06. The third-order valence-corrected chi connectivity index (χ3v) is 2.51. The molecule has 0 atom stereocenters. The van der Waals surface area contributed by atoms with E-state index in [1.165, 1.54) is 0 Å². The van der Waals surface area contributed by atoms with Crippen molar-refractivity contribution in [1.82, 2.24) is 0 Å². The molecule has 0 aliphatic rings. The molecule has 0 aromatic carbocycles. The van der Waals surface area contributed by atoms with Crippen molar-refractivity contribution < 1.29 is 0 Å². The molecule has 0 aliphatic heterocycles. The zero-order valence-electron chi connectivity index (χ0n) is 11.3. The second-order valence-electron chi connectivity index (χ2n) is 3.85. The van der Waals surface area contributed by atoms with Crippen LogP contribution in [0.3, 0.4) is 0 Å². The summed E-state index contributed by atoms with van der Waals surface area (Å²) < 4.78 is 0. The smallest absolute Gasteiger partial charge is 0.0849 e. The fourth-order valence-electron chi connectivity index (χ4n) is 1.60. The zero-order valence-corrected chi connectivity index (χ0v) is 11.3. The van der Waals surface area contributed by atoms with Crippen LogP contribution in [0.2, 0.25) is 0 Å². The van der Waals surface area contributed by atoms with Gasteiger partial charge in [0.25, 0.3) is 0 Å². The Hall–Kier alpha value is -1.88. The van der Waals surface area contributed by atoms with Crippen molar-refractivity contribution in [3.8, 4) is 12.3 Å². The van der Waals surface area contributed by atoms with Gasteiger partial charge in [0, 0.05) is 6.42 Å². The van der Waals surface area contributed by atoms with Gasteiger partial charge in [-0.05, 0) is 35.2 Å². The highest BCUT2D eigenvalue weighted by atomic mass is 16.3. The Balaban J connectivity index is 5.16. The number of hydrogen-bond donors (Lipinski definition) is 0. The molecule has 0 bridgehead atoms. The van der Waals surface area contributed by atoms with E-state index in [2.05, 4.69) is 24.6 Å². The van der Waals surface area contributed by atoms with Gasteiger partial charge < -0.3 is 0 Å². The Morgan fingerprint density at radius 1 is 1.28 bits per heavy atom. The first-order valence-electron chi connectivity index (χ1n) is 6.21. The molecule has 0 saturated carbocycles. The minimum absolute atomic E-state index is 0.567. The van der Waals surface area contributed by atoms with Crippen LogP contribution in [0, 0.1) is 17.3 Å². The molecule has 0 unspecified atom stereocenters. The Bertz CT molecular complexity index is 405. The van der Waals surface area contributed by atoms with Crippen LogP contribution in [0.25, 0.3) is 0 Å². The van der Waals surface area contributed by atoms with E-state index in [0.717, 1.165) is 24.0 Å². The van der Waals surface area contributed by atoms with Gasteiger partial charge in [0.15, 0.2) is 0 Å². The van der Waals surface area contributed by atoms with Crippen LogP contribution in [-0.2, 0) is 0 Å². The van der Waals surface area contributed by atoms with E-state index in [9.17, 15) is 4.91 Å². The maximum absolute atomic E-state index is 10.6. The fraction of sp³-hybridized carbons (Fsp3) is 0.375. The first kappa shape index (κ1) is 16.1. The van der Waals surface area contributed by atoms with Crippen molar-refractivity contribution in [3.63, 3.8) is 0 Å². The van der Waals surface area contributed by atoms with E-state index in [1.807, 2.05) is 19.1 Å². The number of nitrogens with zero attached hydrogens (tertiary/aromatic N) is 1. The van der Waals surface area contributed by atoms with Gasteiger partial charge in [0.1, 0.15) is 0 Å². The topological polar surface area (TPSA) is 29.4 Å². The van der Waals surface area contributed by atoms with Crippen molar-refractivity contribution in [2.75, 3.05) is 0 Å². The van der Waals surface area contributed by atoms with Gasteiger partial charge in [-0.1, -0.05) is 45.1 Å². The Labute approximate surface area is 110 Å². The van der Waals surface area contributed by atoms with E-state index >= 15 is 0 Å². The summed E-state index contributed by atoms with van der Waals surface area (Å²) in [6.45, 7) is 7.76. The lowest BCUT2D eigenvalue weighted by atomic mass is 9.99. The molecule has 0 radical (unpaired) electrons. The molecular formula is C16H21NO. The van der Waals surface area contributed by atoms with Crippen LogP contribution in [0.5, 0.6) is 0 Å². The minimum atomic E-state index is 0.567. The second-order valence-corrected chi connectivity index (χ2v) is 3.85. The zero-order chi connectivity index (χ0) is 13.8. The number of allylic oxidation sites excluding steroid dienone is 7. The average molecular weight is 243 g/mol. The van der Waals surface area contributed by atoms with E-state index in [-0.39, 0.29) is 0 Å². The summed E-state index contributed by atoms with van der Waals surface area (Å²) in [5, 5.41) is 3.02. The molecule has 0 heterocycles. The Morgan fingerprint density at radius 3 is 2.44 bits per heavy atom. The molecule has 18 heavy (non-hydrogen) atoms. The largest absolute Gasteiger partial charge is 0.145 e. The molecule has 0 rings (SSSR count). The standard InChI is InChI=1S/C16H21NO/c1-5-9-15(10-6-2)14(8-4)12-13-16(17-18)11-7-3/h1,6,10,12-13H,2,7-9,11H2,3-4H3/b14-12+,15-10+,16-13+. The highest BCUT2D eigenvalue weighted by Crippen LogP contribution is 2.18. The third-order valence-electron chi connectivity index (χ3n) is 2.51. The van der Waals surface area contributed by atoms with Gasteiger partial charge in [0.2, 0.25) is 0 Å². The Morgan fingerprint density at radius 2 is 2.00 bits per heavy atom. The maximum Gasteiger partial charge on any atom is 0.0849 e. The summed E-state index contributed by atoms with van der Waals surface area (Å²) in [6, 6.07) is 0. The Kier molecular flexibility index (Phi) is 9.21. The van der Waals surface area contributed by atoms with Crippen LogP contribution >= 0.6 is 0 Å². The van der Waals surface area contributed by atoms with Crippen LogP contribution < -0.4 is 0 Å². The number of hydrogen-bond acceptors (Lipinski definition) is 2. The van der Waals surface area contributed by atoms with Gasteiger partial charge in [-0.25, -0.2) is 0 Å². The molecule has 0 saturated heterocycles. The molecule has 0 fully saturated rings. The second kappa shape index (κ2) is 10.3. The molecule has 0 spiro atoms. The van der Waals surface area contributed by atoms with Crippen molar-refractivity contribution in [2.45, 2.75) is 39.5 Å². The van der Waals surface area contributed by atoms with Gasteiger partial charge >= 0.3 is 0 Å². The van der Waals surface area contributed by atoms with Crippen LogP contribution in [0.15, 0.2) is 52.9 Å². The van der Waals surface area contributed by atoms with Crippen LogP contribution in [0.1, 0.15) is 39.5 Å². The molecule has 0 amide bonds. The molecule has 96 valence electrons. The molecule has 0 N–H and O–H groups in total. The molecule has 2 heteroatoms. The maximum atomic E-state index is 10.6. The fourth-order valence-corrected chi connectivity index (χ4v) is 1.60. The molecule has 0 aliphatic carbocycles. The number of terminal acetylenes is 1. The lowest BCUT2D eigenvalue weighted by Crippen LogP contribution is -1.88. The summed E-state index contributed by atoms with van der Waals surface area (Å²) in [4.78, 5) is 10.6. The highest BCUT2D eigenvalue weighted by molar-refractivity contribution is 5.38. The molecule has 0 aromatic rings. The summed E-state index contributed by atoms with van der Waals surface area (Å²) in [7, 11) is 0. The van der Waals surface area contributed by atoms with Gasteiger partial charge in [0.05, 0.1) is 5.70 Å². The van der Waals surface area contributed by atoms with Crippen molar-refractivity contribution in [3.05, 3.63) is 52.6 Å². The highest BCUT2D eigenvalue weighted by Gasteiger charge is 2.01. The molecule has 0 aromatic heterocycles. The SMILES string of the molecule is C#CCC(=C\C=C)/C(=C/C=C(\CCC)N=O)CC. The van der Waals surface area contributed by atoms with Crippen molar-refractivity contribution in [2.24, 2.45) is 5.18 Å². The first-order chi connectivity index (χ1) is 8.73. The average Bonchev–Trinajstić information content (AvgIpc) is 2.38. The summed E-state index contributed by atoms with van der Waals surface area (Å²) >= 11 is 0. The predicted octanol–water partition coefficient (Wildman–Crippen LogP) is 4.91. The van der Waals surface area contributed by atoms with E-state index in [4.69, 9.17) is 6.42 Å².